The van der Waals surface area contributed by atoms with Crippen LogP contribution in [0.1, 0.15) is 16.7 Å². The molecule has 1 heterocycles. The Hall–Kier alpha value is -1.93. The van der Waals surface area contributed by atoms with Gasteiger partial charge in [0.15, 0.2) is 0 Å². The third kappa shape index (κ3) is 5.11. The zero-order valence-electron chi connectivity index (χ0n) is 15.6. The Morgan fingerprint density at radius 3 is 2.29 bits per heavy atom. The number of rotatable bonds is 6. The van der Waals surface area contributed by atoms with Crippen LogP contribution in [0.15, 0.2) is 47.4 Å². The lowest BCUT2D eigenvalue weighted by Crippen LogP contribution is -2.48. The van der Waals surface area contributed by atoms with Crippen LogP contribution in [-0.2, 0) is 27.8 Å². The van der Waals surface area contributed by atoms with Gasteiger partial charge in [-0.15, -0.1) is 0 Å². The average Bonchev–Trinajstić information content (AvgIpc) is 2.63. The van der Waals surface area contributed by atoms with Gasteiger partial charge in [0.1, 0.15) is 0 Å². The first-order valence-corrected chi connectivity index (χ1v) is 10.8. The maximum Gasteiger partial charge on any atom is 0.307 e. The minimum absolute atomic E-state index is 0.162. The number of nitrogens with zero attached hydrogens (tertiary/aromatic N) is 2. The standard InChI is InChI=1S/C20H23ClN2O4S/c1-15-10-17(13-20(24)25)12-19(11-15)28(26,27)23-8-6-22(7-9-23)14-16-2-4-18(21)5-3-16/h2-5,10-12H,6-9,13-14H2,1H3,(H,24,25). The van der Waals surface area contributed by atoms with Crippen molar-refractivity contribution in [3.8, 4) is 0 Å². The molecule has 0 amide bonds. The zero-order chi connectivity index (χ0) is 20.3. The van der Waals surface area contributed by atoms with Crippen molar-refractivity contribution in [3.63, 3.8) is 0 Å². The van der Waals surface area contributed by atoms with E-state index in [4.69, 9.17) is 16.7 Å². The Bertz CT molecular complexity index is 953. The van der Waals surface area contributed by atoms with E-state index in [0.717, 1.165) is 17.7 Å². The molecule has 3 rings (SSSR count). The first kappa shape index (κ1) is 20.8. The summed E-state index contributed by atoms with van der Waals surface area (Å²) in [6.45, 7) is 4.59. The summed E-state index contributed by atoms with van der Waals surface area (Å²) in [6, 6.07) is 12.4. The van der Waals surface area contributed by atoms with Crippen LogP contribution in [0.2, 0.25) is 5.02 Å². The third-order valence-corrected chi connectivity index (χ3v) is 6.88. The highest BCUT2D eigenvalue weighted by Gasteiger charge is 2.29. The molecule has 8 heteroatoms. The number of aryl methyl sites for hydroxylation is 1. The maximum absolute atomic E-state index is 13.0. The summed E-state index contributed by atoms with van der Waals surface area (Å²) >= 11 is 5.91. The van der Waals surface area contributed by atoms with E-state index in [1.165, 1.54) is 10.4 Å². The normalized spacial score (nSPS) is 16.2. The van der Waals surface area contributed by atoms with Crippen LogP contribution in [0.5, 0.6) is 0 Å². The number of hydrogen-bond acceptors (Lipinski definition) is 4. The molecule has 1 N–H and O–H groups in total. The topological polar surface area (TPSA) is 77.9 Å². The van der Waals surface area contributed by atoms with Crippen LogP contribution in [0.4, 0.5) is 0 Å². The molecule has 0 saturated carbocycles. The molecule has 0 aromatic heterocycles. The molecule has 0 spiro atoms. The number of carboxylic acids is 1. The van der Waals surface area contributed by atoms with Gasteiger partial charge < -0.3 is 5.11 Å². The van der Waals surface area contributed by atoms with E-state index in [1.54, 1.807) is 19.1 Å². The van der Waals surface area contributed by atoms with Gasteiger partial charge in [-0.2, -0.15) is 4.31 Å². The number of halogens is 1. The van der Waals surface area contributed by atoms with Crippen LogP contribution >= 0.6 is 11.6 Å². The Morgan fingerprint density at radius 1 is 1.04 bits per heavy atom. The van der Waals surface area contributed by atoms with E-state index >= 15 is 0 Å². The van der Waals surface area contributed by atoms with Crippen LogP contribution in [0.3, 0.4) is 0 Å². The van der Waals surface area contributed by atoms with Gasteiger partial charge in [0.05, 0.1) is 11.3 Å². The van der Waals surface area contributed by atoms with Gasteiger partial charge in [-0.25, -0.2) is 8.42 Å². The predicted molar refractivity (Wildman–Crippen MR) is 108 cm³/mol. The first-order chi connectivity index (χ1) is 13.2. The Kier molecular flexibility index (Phi) is 6.40. The molecule has 1 aliphatic heterocycles. The fourth-order valence-electron chi connectivity index (χ4n) is 3.38. The van der Waals surface area contributed by atoms with E-state index < -0.39 is 16.0 Å². The summed E-state index contributed by atoms with van der Waals surface area (Å²) in [5.41, 5.74) is 2.36. The molecular formula is C20H23ClN2O4S. The number of aliphatic carboxylic acids is 1. The summed E-state index contributed by atoms with van der Waals surface area (Å²) in [5.74, 6) is -0.982. The fraction of sp³-hybridized carbons (Fsp3) is 0.350. The molecule has 1 saturated heterocycles. The van der Waals surface area contributed by atoms with E-state index in [9.17, 15) is 13.2 Å². The van der Waals surface area contributed by atoms with Crippen molar-refractivity contribution in [2.24, 2.45) is 0 Å². The van der Waals surface area contributed by atoms with Gasteiger partial charge >= 0.3 is 5.97 Å². The highest BCUT2D eigenvalue weighted by atomic mass is 35.5. The number of sulfonamides is 1. The highest BCUT2D eigenvalue weighted by Crippen LogP contribution is 2.22. The van der Waals surface area contributed by atoms with Gasteiger partial charge in [0.25, 0.3) is 0 Å². The molecule has 6 nitrogen and oxygen atoms in total. The molecule has 0 unspecified atom stereocenters. The van der Waals surface area contributed by atoms with Crippen molar-refractivity contribution in [1.29, 1.82) is 0 Å². The van der Waals surface area contributed by atoms with Crippen molar-refractivity contribution in [3.05, 3.63) is 64.2 Å². The quantitative estimate of drug-likeness (QED) is 0.774. The molecule has 28 heavy (non-hydrogen) atoms. The highest BCUT2D eigenvalue weighted by molar-refractivity contribution is 7.89. The number of carbonyl (C=O) groups is 1. The molecule has 2 aromatic rings. The van der Waals surface area contributed by atoms with Gasteiger partial charge in [0.2, 0.25) is 10.0 Å². The van der Waals surface area contributed by atoms with E-state index in [2.05, 4.69) is 4.90 Å². The predicted octanol–water partition coefficient (Wildman–Crippen LogP) is 2.78. The van der Waals surface area contributed by atoms with Crippen molar-refractivity contribution < 1.29 is 18.3 Å². The maximum atomic E-state index is 13.0. The molecule has 150 valence electrons. The molecule has 0 aliphatic carbocycles. The van der Waals surface area contributed by atoms with Crippen LogP contribution in [0.25, 0.3) is 0 Å². The zero-order valence-corrected chi connectivity index (χ0v) is 17.2. The molecule has 0 radical (unpaired) electrons. The van der Waals surface area contributed by atoms with Gasteiger partial charge in [0, 0.05) is 37.7 Å². The number of hydrogen-bond donors (Lipinski definition) is 1. The number of benzene rings is 2. The molecule has 2 aromatic carbocycles. The summed E-state index contributed by atoms with van der Waals surface area (Å²) in [6.07, 6.45) is -0.195. The van der Waals surface area contributed by atoms with Crippen molar-refractivity contribution in [2.75, 3.05) is 26.2 Å². The van der Waals surface area contributed by atoms with Crippen molar-refractivity contribution in [1.82, 2.24) is 9.21 Å². The monoisotopic (exact) mass is 422 g/mol. The largest absolute Gasteiger partial charge is 0.481 e. The van der Waals surface area contributed by atoms with E-state index in [1.807, 2.05) is 24.3 Å². The lowest BCUT2D eigenvalue weighted by molar-refractivity contribution is -0.136. The third-order valence-electron chi connectivity index (χ3n) is 4.75. The molecule has 0 atom stereocenters. The second-order valence-electron chi connectivity index (χ2n) is 7.03. The molecule has 1 fully saturated rings. The molecule has 0 bridgehead atoms. The van der Waals surface area contributed by atoms with Crippen molar-refractivity contribution in [2.45, 2.75) is 24.8 Å². The summed E-state index contributed by atoms with van der Waals surface area (Å²) in [5, 5.41) is 9.69. The summed E-state index contributed by atoms with van der Waals surface area (Å²) in [7, 11) is -3.65. The Morgan fingerprint density at radius 2 is 1.68 bits per heavy atom. The lowest BCUT2D eigenvalue weighted by atomic mass is 10.1. The Labute approximate surface area is 170 Å². The Balaban J connectivity index is 1.68. The second-order valence-corrected chi connectivity index (χ2v) is 9.41. The minimum atomic E-state index is -3.65. The number of piperazine rings is 1. The smallest absolute Gasteiger partial charge is 0.307 e. The first-order valence-electron chi connectivity index (χ1n) is 9.03. The molecule has 1 aliphatic rings. The van der Waals surface area contributed by atoms with Crippen molar-refractivity contribution >= 4 is 27.6 Å². The van der Waals surface area contributed by atoms with E-state index in [0.29, 0.717) is 36.8 Å². The molecular weight excluding hydrogens is 400 g/mol. The van der Waals surface area contributed by atoms with Crippen LogP contribution < -0.4 is 0 Å². The van der Waals surface area contributed by atoms with Crippen LogP contribution in [0, 0.1) is 6.92 Å². The minimum Gasteiger partial charge on any atom is -0.481 e. The summed E-state index contributed by atoms with van der Waals surface area (Å²) in [4.78, 5) is 13.3. The van der Waals surface area contributed by atoms with Crippen LogP contribution in [-0.4, -0.2) is 54.9 Å². The van der Waals surface area contributed by atoms with Gasteiger partial charge in [-0.05, 0) is 47.9 Å². The van der Waals surface area contributed by atoms with Gasteiger partial charge in [-0.3, -0.25) is 9.69 Å². The summed E-state index contributed by atoms with van der Waals surface area (Å²) < 4.78 is 27.5. The fourth-order valence-corrected chi connectivity index (χ4v) is 5.08. The van der Waals surface area contributed by atoms with Gasteiger partial charge in [-0.1, -0.05) is 29.8 Å². The number of carboxylic acid groups (broad SMARTS) is 1. The second kappa shape index (κ2) is 8.61. The average molecular weight is 423 g/mol. The van der Waals surface area contributed by atoms with E-state index in [-0.39, 0.29) is 11.3 Å². The lowest BCUT2D eigenvalue weighted by Gasteiger charge is -2.34. The SMILES string of the molecule is Cc1cc(CC(=O)O)cc(S(=O)(=O)N2CCN(Cc3ccc(Cl)cc3)CC2)c1.